The molecule has 0 saturated carbocycles. The third-order valence-corrected chi connectivity index (χ3v) is 5.02. The zero-order valence-electron chi connectivity index (χ0n) is 12.4. The Labute approximate surface area is 125 Å². The first-order chi connectivity index (χ1) is 9.81. The second-order valence-corrected chi connectivity index (χ2v) is 6.81. The molecule has 0 aliphatic heterocycles. The maximum absolute atomic E-state index is 12.4. The van der Waals surface area contributed by atoms with Crippen LogP contribution in [0.3, 0.4) is 0 Å². The van der Waals surface area contributed by atoms with Crippen LogP contribution in [0.15, 0.2) is 29.3 Å². The maximum Gasteiger partial charge on any atom is 0.240 e. The first-order valence-corrected chi connectivity index (χ1v) is 8.13. The molecule has 0 bridgehead atoms. The van der Waals surface area contributed by atoms with Gasteiger partial charge in [0.1, 0.15) is 0 Å². The van der Waals surface area contributed by atoms with E-state index in [1.807, 2.05) is 20.0 Å². The van der Waals surface area contributed by atoms with Crippen molar-refractivity contribution >= 4 is 15.7 Å². The van der Waals surface area contributed by atoms with Gasteiger partial charge in [0.25, 0.3) is 0 Å². The van der Waals surface area contributed by atoms with E-state index in [2.05, 4.69) is 9.82 Å². The molecule has 2 aromatic rings. The van der Waals surface area contributed by atoms with Crippen LogP contribution in [-0.4, -0.2) is 24.7 Å². The average molecular weight is 308 g/mol. The molecule has 0 fully saturated rings. The predicted octanol–water partition coefficient (Wildman–Crippen LogP) is 1.14. The fraction of sp³-hybridized carbons (Fsp3) is 0.357. The molecule has 0 unspecified atom stereocenters. The molecule has 0 aliphatic carbocycles. The number of aryl methyl sites for hydroxylation is 2. The Morgan fingerprint density at radius 2 is 2.05 bits per heavy atom. The number of nitrogens with zero attached hydrogens (tertiary/aromatic N) is 2. The highest BCUT2D eigenvalue weighted by Gasteiger charge is 2.18. The largest absolute Gasteiger partial charge is 0.398 e. The Balaban J connectivity index is 2.14. The van der Waals surface area contributed by atoms with E-state index in [9.17, 15) is 8.42 Å². The molecule has 1 aromatic carbocycles. The van der Waals surface area contributed by atoms with Gasteiger partial charge in [0.15, 0.2) is 0 Å². The third kappa shape index (κ3) is 3.43. The zero-order valence-corrected chi connectivity index (χ0v) is 13.2. The molecule has 0 spiro atoms. The van der Waals surface area contributed by atoms with Gasteiger partial charge >= 0.3 is 0 Å². The second kappa shape index (κ2) is 5.87. The smallest absolute Gasteiger partial charge is 0.240 e. The molecule has 1 aromatic heterocycles. The van der Waals surface area contributed by atoms with Crippen molar-refractivity contribution in [1.82, 2.24) is 14.5 Å². The van der Waals surface area contributed by atoms with E-state index >= 15 is 0 Å². The first-order valence-electron chi connectivity index (χ1n) is 6.64. The van der Waals surface area contributed by atoms with E-state index in [0.717, 1.165) is 11.3 Å². The molecule has 0 aliphatic rings. The summed E-state index contributed by atoms with van der Waals surface area (Å²) in [6.07, 6.45) is 2.27. The number of nitrogen functional groups attached to an aromatic ring is 1. The van der Waals surface area contributed by atoms with Gasteiger partial charge in [-0.25, -0.2) is 13.1 Å². The Kier molecular flexibility index (Phi) is 4.34. The molecule has 7 heteroatoms. The van der Waals surface area contributed by atoms with Gasteiger partial charge in [0, 0.05) is 37.6 Å². The average Bonchev–Trinajstić information content (AvgIpc) is 2.79. The summed E-state index contributed by atoms with van der Waals surface area (Å²) >= 11 is 0. The molecule has 1 heterocycles. The van der Waals surface area contributed by atoms with E-state index in [-0.39, 0.29) is 4.90 Å². The fourth-order valence-corrected chi connectivity index (χ4v) is 3.56. The minimum absolute atomic E-state index is 0.241. The zero-order chi connectivity index (χ0) is 15.6. The van der Waals surface area contributed by atoms with Gasteiger partial charge in [-0.05, 0) is 43.2 Å². The topological polar surface area (TPSA) is 90.0 Å². The number of aromatic nitrogens is 2. The molecule has 0 radical (unpaired) electrons. The highest BCUT2D eigenvalue weighted by Crippen LogP contribution is 2.22. The van der Waals surface area contributed by atoms with Crippen LogP contribution in [0.1, 0.15) is 16.8 Å². The van der Waals surface area contributed by atoms with Gasteiger partial charge in [0.05, 0.1) is 4.90 Å². The minimum atomic E-state index is -3.56. The molecular formula is C14H20N4O2S. The number of nitrogens with two attached hydrogens (primary N) is 1. The number of hydrogen-bond acceptors (Lipinski definition) is 4. The molecule has 3 N–H and O–H groups in total. The van der Waals surface area contributed by atoms with Crippen LogP contribution in [0.5, 0.6) is 0 Å². The predicted molar refractivity (Wildman–Crippen MR) is 82.4 cm³/mol. The Morgan fingerprint density at radius 3 is 2.67 bits per heavy atom. The highest BCUT2D eigenvalue weighted by molar-refractivity contribution is 7.89. The summed E-state index contributed by atoms with van der Waals surface area (Å²) < 4.78 is 29.1. The number of hydrogen-bond donors (Lipinski definition) is 2. The summed E-state index contributed by atoms with van der Waals surface area (Å²) in [5.74, 6) is 0. The number of benzene rings is 1. The first kappa shape index (κ1) is 15.5. The molecule has 0 atom stereocenters. The van der Waals surface area contributed by atoms with E-state index in [4.69, 9.17) is 5.73 Å². The molecule has 2 rings (SSSR count). The standard InChI is InChI=1S/C14H20N4O2S/c1-10-8-13(15)11(2)14(9-10)21(19,20)17-7-5-12-4-6-16-18(12)3/h4,6,8-9,17H,5,7,15H2,1-3H3. The summed E-state index contributed by atoms with van der Waals surface area (Å²) in [7, 11) is -1.73. The van der Waals surface area contributed by atoms with Crippen molar-refractivity contribution in [2.24, 2.45) is 7.05 Å². The van der Waals surface area contributed by atoms with Crippen LogP contribution in [0.25, 0.3) is 0 Å². The van der Waals surface area contributed by atoms with Crippen LogP contribution in [-0.2, 0) is 23.5 Å². The van der Waals surface area contributed by atoms with Crippen LogP contribution >= 0.6 is 0 Å². The number of nitrogens with one attached hydrogen (secondary N) is 1. The van der Waals surface area contributed by atoms with Crippen molar-refractivity contribution < 1.29 is 8.42 Å². The number of anilines is 1. The van der Waals surface area contributed by atoms with Crippen LogP contribution in [0.4, 0.5) is 5.69 Å². The monoisotopic (exact) mass is 308 g/mol. The molecule has 114 valence electrons. The van der Waals surface area contributed by atoms with Crippen LogP contribution in [0.2, 0.25) is 0 Å². The van der Waals surface area contributed by atoms with E-state index in [1.165, 1.54) is 0 Å². The quantitative estimate of drug-likeness (QED) is 0.811. The van der Waals surface area contributed by atoms with Gasteiger partial charge in [-0.1, -0.05) is 0 Å². The number of rotatable bonds is 5. The van der Waals surface area contributed by atoms with Gasteiger partial charge in [-0.3, -0.25) is 4.68 Å². The summed E-state index contributed by atoms with van der Waals surface area (Å²) in [5, 5.41) is 4.05. The lowest BCUT2D eigenvalue weighted by molar-refractivity contribution is 0.579. The fourth-order valence-electron chi connectivity index (χ4n) is 2.17. The highest BCUT2D eigenvalue weighted by atomic mass is 32.2. The third-order valence-electron chi connectivity index (χ3n) is 3.43. The lowest BCUT2D eigenvalue weighted by Gasteiger charge is -2.12. The summed E-state index contributed by atoms with van der Waals surface area (Å²) in [6.45, 7) is 3.85. The van der Waals surface area contributed by atoms with Crippen molar-refractivity contribution in [2.45, 2.75) is 25.2 Å². The van der Waals surface area contributed by atoms with Crippen LogP contribution in [0, 0.1) is 13.8 Å². The van der Waals surface area contributed by atoms with Gasteiger partial charge in [0.2, 0.25) is 10.0 Å². The van der Waals surface area contributed by atoms with Crippen molar-refractivity contribution in [3.05, 3.63) is 41.2 Å². The normalized spacial score (nSPS) is 11.8. The lowest BCUT2D eigenvalue weighted by Crippen LogP contribution is -2.27. The minimum Gasteiger partial charge on any atom is -0.398 e. The van der Waals surface area contributed by atoms with Crippen LogP contribution < -0.4 is 10.5 Å². The second-order valence-electron chi connectivity index (χ2n) is 5.07. The maximum atomic E-state index is 12.4. The van der Waals surface area contributed by atoms with Crippen molar-refractivity contribution in [3.8, 4) is 0 Å². The van der Waals surface area contributed by atoms with Crippen molar-refractivity contribution in [1.29, 1.82) is 0 Å². The summed E-state index contributed by atoms with van der Waals surface area (Å²) in [6, 6.07) is 5.27. The van der Waals surface area contributed by atoms with E-state index in [1.54, 1.807) is 29.9 Å². The van der Waals surface area contributed by atoms with Crippen molar-refractivity contribution in [2.75, 3.05) is 12.3 Å². The molecular weight excluding hydrogens is 288 g/mol. The molecule has 0 amide bonds. The lowest BCUT2D eigenvalue weighted by atomic mass is 10.1. The Bertz CT molecular complexity index is 750. The van der Waals surface area contributed by atoms with Gasteiger partial charge < -0.3 is 5.73 Å². The molecule has 0 saturated heterocycles. The van der Waals surface area contributed by atoms with E-state index in [0.29, 0.717) is 24.2 Å². The number of sulfonamides is 1. The van der Waals surface area contributed by atoms with Gasteiger partial charge in [-0.15, -0.1) is 0 Å². The SMILES string of the molecule is Cc1cc(N)c(C)c(S(=O)(=O)NCCc2ccnn2C)c1. The summed E-state index contributed by atoms with van der Waals surface area (Å²) in [5.41, 5.74) is 8.70. The summed E-state index contributed by atoms with van der Waals surface area (Å²) in [4.78, 5) is 0.241. The van der Waals surface area contributed by atoms with E-state index < -0.39 is 10.0 Å². The Morgan fingerprint density at radius 1 is 1.33 bits per heavy atom. The van der Waals surface area contributed by atoms with Crippen molar-refractivity contribution in [3.63, 3.8) is 0 Å². The Hall–Kier alpha value is -1.86. The molecule has 21 heavy (non-hydrogen) atoms. The van der Waals surface area contributed by atoms with Gasteiger partial charge in [-0.2, -0.15) is 5.10 Å². The molecule has 6 nitrogen and oxygen atoms in total.